The molecule has 1 N–H and O–H groups in total. The molecule has 2 aromatic heterocycles. The van der Waals surface area contributed by atoms with E-state index in [9.17, 15) is 9.90 Å². The maximum atomic E-state index is 13.3. The summed E-state index contributed by atoms with van der Waals surface area (Å²) in [6, 6.07) is 11.9. The summed E-state index contributed by atoms with van der Waals surface area (Å²) in [5, 5.41) is 21.3. The van der Waals surface area contributed by atoms with Crippen molar-refractivity contribution in [2.45, 2.75) is 57.5 Å². The molecule has 5 heterocycles. The Labute approximate surface area is 250 Å². The van der Waals surface area contributed by atoms with Gasteiger partial charge < -0.3 is 24.2 Å². The van der Waals surface area contributed by atoms with Gasteiger partial charge in [-0.1, -0.05) is 12.1 Å². The molecular weight excluding hydrogens is 546 g/mol. The van der Waals surface area contributed by atoms with E-state index in [1.54, 1.807) is 23.4 Å². The van der Waals surface area contributed by atoms with Gasteiger partial charge in [-0.3, -0.25) is 4.79 Å². The number of nitrogens with zero attached hydrogens (tertiary/aromatic N) is 5. The number of amides is 1. The number of ether oxygens (including phenoxy) is 3. The molecule has 0 radical (unpaired) electrons. The summed E-state index contributed by atoms with van der Waals surface area (Å²) < 4.78 is 22.4. The highest BCUT2D eigenvalue weighted by molar-refractivity contribution is 5.94. The Morgan fingerprint density at radius 3 is 2.72 bits per heavy atom. The van der Waals surface area contributed by atoms with E-state index >= 15 is 0 Å². The normalized spacial score (nSPS) is 21.7. The molecule has 3 aliphatic heterocycles. The van der Waals surface area contributed by atoms with Crippen molar-refractivity contribution in [1.82, 2.24) is 24.5 Å². The predicted octanol–water partition coefficient (Wildman–Crippen LogP) is 4.91. The van der Waals surface area contributed by atoms with Crippen molar-refractivity contribution in [1.29, 1.82) is 0 Å². The number of aromatic nitrogens is 4. The maximum Gasteiger partial charge on any atom is 0.263 e. The third-order valence-electron chi connectivity index (χ3n) is 8.61. The molecule has 0 spiro atoms. The van der Waals surface area contributed by atoms with E-state index in [4.69, 9.17) is 19.3 Å². The monoisotopic (exact) mass is 583 g/mol. The largest absolute Gasteiger partial charge is 0.480 e. The first kappa shape index (κ1) is 27.7. The second-order valence-corrected chi connectivity index (χ2v) is 12.1. The lowest BCUT2D eigenvalue weighted by Crippen LogP contribution is -2.35. The highest BCUT2D eigenvalue weighted by atomic mass is 16.5. The number of hydrogen-bond acceptors (Lipinski definition) is 7. The smallest absolute Gasteiger partial charge is 0.263 e. The van der Waals surface area contributed by atoms with E-state index in [1.807, 2.05) is 48.3 Å². The summed E-state index contributed by atoms with van der Waals surface area (Å²) in [5.41, 5.74) is 4.07. The first-order valence-electron chi connectivity index (χ1n) is 15.1. The van der Waals surface area contributed by atoms with Crippen LogP contribution in [-0.2, 0) is 22.2 Å². The molecule has 2 fully saturated rings. The van der Waals surface area contributed by atoms with Crippen molar-refractivity contribution >= 4 is 29.0 Å². The maximum absolute atomic E-state index is 13.3. The number of aryl methyl sites for hydroxylation is 1. The summed E-state index contributed by atoms with van der Waals surface area (Å²) in [5.74, 6) is 1.18. The minimum atomic E-state index is -1.04. The van der Waals surface area contributed by atoms with Gasteiger partial charge in [0.05, 0.1) is 35.1 Å². The van der Waals surface area contributed by atoms with E-state index in [-0.39, 0.29) is 12.1 Å². The molecule has 7 rings (SSSR count). The third kappa shape index (κ3) is 5.19. The molecule has 2 atom stereocenters. The van der Waals surface area contributed by atoms with Crippen LogP contribution in [0.25, 0.3) is 34.2 Å². The first-order valence-corrected chi connectivity index (χ1v) is 15.1. The topological polar surface area (TPSA) is 104 Å². The van der Waals surface area contributed by atoms with Gasteiger partial charge in [-0.25, -0.2) is 9.36 Å². The molecule has 1 unspecified atom stereocenters. The van der Waals surface area contributed by atoms with Crippen LogP contribution >= 0.6 is 0 Å². The molecular formula is C33H37N5O5. The number of hydrogen-bond donors (Lipinski definition) is 1. The van der Waals surface area contributed by atoms with Gasteiger partial charge in [0, 0.05) is 37.6 Å². The highest BCUT2D eigenvalue weighted by Crippen LogP contribution is 2.36. The zero-order valence-corrected chi connectivity index (χ0v) is 24.8. The van der Waals surface area contributed by atoms with Crippen molar-refractivity contribution in [3.05, 3.63) is 59.4 Å². The second kappa shape index (κ2) is 10.8. The molecule has 43 heavy (non-hydrogen) atoms. The zero-order valence-electron chi connectivity index (χ0n) is 24.8. The fourth-order valence-electron chi connectivity index (χ4n) is 6.17. The SMILES string of the molecule is Cn1ncc2c1OCCN1CC[C@@H](Oc3ccc(C(C)(C)O)cc3/C=C/c3nn(C4CCCCO4)c4ccc-2cc34)C1=O. The van der Waals surface area contributed by atoms with Gasteiger partial charge in [-0.2, -0.15) is 10.2 Å². The Kier molecular flexibility index (Phi) is 6.98. The molecule has 1 amide bonds. The molecule has 10 heteroatoms. The van der Waals surface area contributed by atoms with Crippen LogP contribution in [0.15, 0.2) is 42.6 Å². The summed E-state index contributed by atoms with van der Waals surface area (Å²) in [7, 11) is 1.86. The van der Waals surface area contributed by atoms with Gasteiger partial charge in [0.1, 0.15) is 12.4 Å². The van der Waals surface area contributed by atoms with Gasteiger partial charge in [0.25, 0.3) is 5.91 Å². The lowest BCUT2D eigenvalue weighted by atomic mass is 9.95. The molecule has 3 aliphatic rings. The minimum absolute atomic E-state index is 0.0563. The first-order chi connectivity index (χ1) is 20.8. The van der Waals surface area contributed by atoms with Crippen LogP contribution in [0.4, 0.5) is 0 Å². The number of carbonyl (C=O) groups excluding carboxylic acids is 1. The molecule has 10 nitrogen and oxygen atoms in total. The predicted molar refractivity (Wildman–Crippen MR) is 162 cm³/mol. The Morgan fingerprint density at radius 2 is 1.91 bits per heavy atom. The third-order valence-corrected chi connectivity index (χ3v) is 8.61. The van der Waals surface area contributed by atoms with Crippen LogP contribution in [0, 0.1) is 0 Å². The second-order valence-electron chi connectivity index (χ2n) is 12.1. The van der Waals surface area contributed by atoms with Gasteiger partial charge >= 0.3 is 0 Å². The van der Waals surface area contributed by atoms with Crippen LogP contribution in [0.3, 0.4) is 0 Å². The number of carbonyl (C=O) groups is 1. The molecule has 2 saturated heterocycles. The lowest BCUT2D eigenvalue weighted by molar-refractivity contribution is -0.133. The van der Waals surface area contributed by atoms with Crippen LogP contribution in [-0.4, -0.2) is 67.9 Å². The minimum Gasteiger partial charge on any atom is -0.480 e. The molecule has 224 valence electrons. The average Bonchev–Trinajstić information content (AvgIpc) is 3.67. The average molecular weight is 584 g/mol. The summed E-state index contributed by atoms with van der Waals surface area (Å²) in [4.78, 5) is 15.1. The van der Waals surface area contributed by atoms with Crippen LogP contribution in [0.1, 0.15) is 62.6 Å². The molecule has 2 aromatic carbocycles. The van der Waals surface area contributed by atoms with Crippen LogP contribution in [0.5, 0.6) is 11.6 Å². The molecule has 4 bridgehead atoms. The molecule has 0 saturated carbocycles. The number of fused-ring (bicyclic) bond motifs is 6. The van der Waals surface area contributed by atoms with Crippen LogP contribution < -0.4 is 9.47 Å². The van der Waals surface area contributed by atoms with E-state index < -0.39 is 11.7 Å². The summed E-state index contributed by atoms with van der Waals surface area (Å²) in [6.45, 7) is 5.61. The lowest BCUT2D eigenvalue weighted by Gasteiger charge is -2.23. The van der Waals surface area contributed by atoms with Gasteiger partial charge in [0.2, 0.25) is 5.88 Å². The summed E-state index contributed by atoms with van der Waals surface area (Å²) >= 11 is 0. The number of aliphatic hydroxyl groups is 1. The van der Waals surface area contributed by atoms with Crippen molar-refractivity contribution in [2.75, 3.05) is 26.3 Å². The van der Waals surface area contributed by atoms with Gasteiger partial charge in [0.15, 0.2) is 12.3 Å². The van der Waals surface area contributed by atoms with Crippen molar-refractivity contribution in [2.24, 2.45) is 7.05 Å². The Hall–Kier alpha value is -4.15. The van der Waals surface area contributed by atoms with Crippen molar-refractivity contribution in [3.63, 3.8) is 0 Å². The van der Waals surface area contributed by atoms with E-state index in [2.05, 4.69) is 23.3 Å². The summed E-state index contributed by atoms with van der Waals surface area (Å²) in [6.07, 6.45) is 8.66. The van der Waals surface area contributed by atoms with Gasteiger partial charge in [-0.15, -0.1) is 0 Å². The molecule has 4 aromatic rings. The van der Waals surface area contributed by atoms with E-state index in [0.29, 0.717) is 44.4 Å². The molecule has 0 aliphatic carbocycles. The Bertz CT molecular complexity index is 1710. The quantitative estimate of drug-likeness (QED) is 0.358. The highest BCUT2D eigenvalue weighted by Gasteiger charge is 2.34. The number of benzene rings is 2. The van der Waals surface area contributed by atoms with Crippen LogP contribution in [0.2, 0.25) is 0 Å². The zero-order chi connectivity index (χ0) is 29.7. The van der Waals surface area contributed by atoms with Crippen molar-refractivity contribution in [3.8, 4) is 22.8 Å². The standard InChI is InChI=1S/C33H37N5O5/c1-33(2,40)23-9-12-28-22(18-23)7-10-26-24-19-21(8-11-27(24)38(35-26)30-6-4-5-16-41-30)25-20-34-36(3)32(25)42-17-15-37-14-13-29(43-28)31(37)39/h7-12,18-20,29-30,40H,4-6,13-17H2,1-3H3/b10-7+/t29-,30?/m1/s1. The van der Waals surface area contributed by atoms with E-state index in [1.165, 1.54) is 0 Å². The van der Waals surface area contributed by atoms with Crippen molar-refractivity contribution < 1.29 is 24.1 Å². The fraction of sp³-hybridized carbons (Fsp3) is 0.424. The van der Waals surface area contributed by atoms with Gasteiger partial charge in [-0.05, 0) is 80.7 Å². The van der Waals surface area contributed by atoms with E-state index in [0.717, 1.165) is 58.1 Å². The Morgan fingerprint density at radius 1 is 1.02 bits per heavy atom. The Balaban J connectivity index is 1.40. The fourth-order valence-corrected chi connectivity index (χ4v) is 6.17. The number of rotatable bonds is 2.